The van der Waals surface area contributed by atoms with Crippen LogP contribution in [-0.4, -0.2) is 18.1 Å². The second kappa shape index (κ2) is 6.02. The van der Waals surface area contributed by atoms with E-state index in [1.807, 2.05) is 18.2 Å². The Bertz CT molecular complexity index is 564. The van der Waals surface area contributed by atoms with Crippen LogP contribution in [0.4, 0.5) is 0 Å². The first kappa shape index (κ1) is 13.7. The van der Waals surface area contributed by atoms with Crippen molar-refractivity contribution in [2.45, 2.75) is 32.0 Å². The zero-order valence-electron chi connectivity index (χ0n) is 11.5. The van der Waals surface area contributed by atoms with Gasteiger partial charge < -0.3 is 9.15 Å². The maximum Gasteiger partial charge on any atom is 0.133 e. The molecule has 1 aliphatic carbocycles. The molecular weight excluding hydrogens is 318 g/mol. The molecule has 20 heavy (non-hydrogen) atoms. The Morgan fingerprint density at radius 2 is 2.15 bits per heavy atom. The molecule has 1 aromatic carbocycles. The van der Waals surface area contributed by atoms with Gasteiger partial charge in [0.05, 0.1) is 24.4 Å². The molecule has 3 nitrogen and oxygen atoms in total. The number of furan rings is 1. The molecule has 0 radical (unpaired) electrons. The van der Waals surface area contributed by atoms with E-state index in [0.717, 1.165) is 29.1 Å². The Kier molecular flexibility index (Phi) is 4.13. The van der Waals surface area contributed by atoms with Gasteiger partial charge in [0.15, 0.2) is 0 Å². The topological polar surface area (TPSA) is 25.6 Å². The van der Waals surface area contributed by atoms with Gasteiger partial charge in [0.2, 0.25) is 0 Å². The second-order valence-corrected chi connectivity index (χ2v) is 6.04. The first-order valence-electron chi connectivity index (χ1n) is 6.85. The Hall–Kier alpha value is -1.26. The first-order chi connectivity index (χ1) is 9.76. The smallest absolute Gasteiger partial charge is 0.133 e. The summed E-state index contributed by atoms with van der Waals surface area (Å²) in [5.41, 5.74) is 1.29. The molecule has 4 heteroatoms. The normalized spacial score (nSPS) is 14.8. The van der Waals surface area contributed by atoms with Crippen LogP contribution in [0, 0.1) is 0 Å². The van der Waals surface area contributed by atoms with Crippen LogP contribution in [0.2, 0.25) is 0 Å². The van der Waals surface area contributed by atoms with Crippen LogP contribution in [-0.2, 0) is 13.1 Å². The van der Waals surface area contributed by atoms with E-state index in [-0.39, 0.29) is 0 Å². The number of halogens is 1. The predicted octanol–water partition coefficient (Wildman–Crippen LogP) is 4.22. The Labute approximate surface area is 127 Å². The van der Waals surface area contributed by atoms with Gasteiger partial charge in [0.25, 0.3) is 0 Å². The molecule has 0 atom stereocenters. The molecule has 0 N–H and O–H groups in total. The molecule has 3 rings (SSSR count). The summed E-state index contributed by atoms with van der Waals surface area (Å²) >= 11 is 3.55. The average Bonchev–Trinajstić information content (AvgIpc) is 3.17. The predicted molar refractivity (Wildman–Crippen MR) is 81.7 cm³/mol. The van der Waals surface area contributed by atoms with Gasteiger partial charge in [-0.25, -0.2) is 0 Å². The summed E-state index contributed by atoms with van der Waals surface area (Å²) in [6, 6.07) is 11.0. The molecule has 0 bridgehead atoms. The van der Waals surface area contributed by atoms with Crippen molar-refractivity contribution in [3.63, 3.8) is 0 Å². The van der Waals surface area contributed by atoms with E-state index in [2.05, 4.69) is 33.0 Å². The minimum atomic E-state index is 0.695. The molecule has 1 heterocycles. The van der Waals surface area contributed by atoms with Gasteiger partial charge in [-0.15, -0.1) is 0 Å². The van der Waals surface area contributed by atoms with Crippen LogP contribution in [0.3, 0.4) is 0 Å². The fourth-order valence-electron chi connectivity index (χ4n) is 2.40. The maximum atomic E-state index is 5.47. The van der Waals surface area contributed by atoms with Crippen molar-refractivity contribution >= 4 is 15.9 Å². The van der Waals surface area contributed by atoms with Crippen molar-refractivity contribution in [1.82, 2.24) is 4.90 Å². The number of rotatable bonds is 6. The monoisotopic (exact) mass is 335 g/mol. The highest BCUT2D eigenvalue weighted by atomic mass is 79.9. The fourth-order valence-corrected chi connectivity index (χ4v) is 2.99. The van der Waals surface area contributed by atoms with E-state index in [0.29, 0.717) is 6.04 Å². The molecule has 2 aromatic rings. The third-order valence-electron chi connectivity index (χ3n) is 3.60. The van der Waals surface area contributed by atoms with Crippen molar-refractivity contribution in [2.24, 2.45) is 0 Å². The zero-order chi connectivity index (χ0) is 13.9. The first-order valence-corrected chi connectivity index (χ1v) is 7.64. The second-order valence-electron chi connectivity index (χ2n) is 5.18. The van der Waals surface area contributed by atoms with Gasteiger partial charge in [0.1, 0.15) is 11.5 Å². The third-order valence-corrected chi connectivity index (χ3v) is 4.22. The van der Waals surface area contributed by atoms with E-state index < -0.39 is 0 Å². The van der Waals surface area contributed by atoms with E-state index in [1.165, 1.54) is 18.4 Å². The van der Waals surface area contributed by atoms with Crippen LogP contribution >= 0.6 is 15.9 Å². The Morgan fingerprint density at radius 1 is 1.30 bits per heavy atom. The van der Waals surface area contributed by atoms with Gasteiger partial charge in [-0.2, -0.15) is 0 Å². The van der Waals surface area contributed by atoms with Gasteiger partial charge in [-0.1, -0.05) is 6.07 Å². The quantitative estimate of drug-likeness (QED) is 0.790. The van der Waals surface area contributed by atoms with Crippen LogP contribution in [0.1, 0.15) is 24.2 Å². The third kappa shape index (κ3) is 3.25. The van der Waals surface area contributed by atoms with Gasteiger partial charge >= 0.3 is 0 Å². The summed E-state index contributed by atoms with van der Waals surface area (Å²) < 4.78 is 11.7. The molecule has 106 valence electrons. The van der Waals surface area contributed by atoms with E-state index >= 15 is 0 Å². The molecule has 0 unspecified atom stereocenters. The van der Waals surface area contributed by atoms with Gasteiger partial charge in [-0.3, -0.25) is 4.90 Å². The number of hydrogen-bond acceptors (Lipinski definition) is 3. The SMILES string of the molecule is COc1ccc(CN(Cc2ccco2)C2CC2)cc1Br. The summed E-state index contributed by atoms with van der Waals surface area (Å²) in [4.78, 5) is 2.48. The number of hydrogen-bond donors (Lipinski definition) is 0. The highest BCUT2D eigenvalue weighted by Crippen LogP contribution is 2.31. The number of nitrogens with zero attached hydrogens (tertiary/aromatic N) is 1. The largest absolute Gasteiger partial charge is 0.496 e. The van der Waals surface area contributed by atoms with Gasteiger partial charge in [-0.05, 0) is 58.6 Å². The number of methoxy groups -OCH3 is 1. The zero-order valence-corrected chi connectivity index (χ0v) is 13.1. The summed E-state index contributed by atoms with van der Waals surface area (Å²) in [6.07, 6.45) is 4.32. The highest BCUT2D eigenvalue weighted by molar-refractivity contribution is 9.10. The van der Waals surface area contributed by atoms with Crippen LogP contribution < -0.4 is 4.74 Å². The van der Waals surface area contributed by atoms with Crippen molar-refractivity contribution in [1.29, 1.82) is 0 Å². The lowest BCUT2D eigenvalue weighted by Crippen LogP contribution is -2.24. The summed E-state index contributed by atoms with van der Waals surface area (Å²) in [5, 5.41) is 0. The lowest BCUT2D eigenvalue weighted by molar-refractivity contribution is 0.225. The Balaban J connectivity index is 1.71. The molecular formula is C16H18BrNO2. The maximum absolute atomic E-state index is 5.47. The molecule has 0 aliphatic heterocycles. The van der Waals surface area contributed by atoms with Crippen molar-refractivity contribution in [3.05, 3.63) is 52.4 Å². The Morgan fingerprint density at radius 3 is 2.75 bits per heavy atom. The van der Waals surface area contributed by atoms with Crippen molar-refractivity contribution in [3.8, 4) is 5.75 Å². The van der Waals surface area contributed by atoms with E-state index in [9.17, 15) is 0 Å². The lowest BCUT2D eigenvalue weighted by Gasteiger charge is -2.21. The lowest BCUT2D eigenvalue weighted by atomic mass is 10.2. The van der Waals surface area contributed by atoms with Crippen molar-refractivity contribution < 1.29 is 9.15 Å². The highest BCUT2D eigenvalue weighted by Gasteiger charge is 2.29. The molecule has 0 saturated heterocycles. The van der Waals surface area contributed by atoms with Crippen LogP contribution in [0.5, 0.6) is 5.75 Å². The summed E-state index contributed by atoms with van der Waals surface area (Å²) in [7, 11) is 1.69. The molecule has 0 amide bonds. The number of benzene rings is 1. The van der Waals surface area contributed by atoms with Crippen LogP contribution in [0.15, 0.2) is 45.5 Å². The molecule has 1 fully saturated rings. The van der Waals surface area contributed by atoms with Crippen molar-refractivity contribution in [2.75, 3.05) is 7.11 Å². The molecule has 1 saturated carbocycles. The van der Waals surface area contributed by atoms with E-state index in [1.54, 1.807) is 13.4 Å². The molecule has 0 spiro atoms. The fraction of sp³-hybridized carbons (Fsp3) is 0.375. The summed E-state index contributed by atoms with van der Waals surface area (Å²) in [5.74, 6) is 1.90. The van der Waals surface area contributed by atoms with Crippen LogP contribution in [0.25, 0.3) is 0 Å². The minimum Gasteiger partial charge on any atom is -0.496 e. The minimum absolute atomic E-state index is 0.695. The standard InChI is InChI=1S/C16H18BrNO2/c1-19-16-7-4-12(9-15(16)17)10-18(13-5-6-13)11-14-3-2-8-20-14/h2-4,7-9,13H,5-6,10-11H2,1H3. The van der Waals surface area contributed by atoms with E-state index in [4.69, 9.17) is 9.15 Å². The van der Waals surface area contributed by atoms with Gasteiger partial charge in [0, 0.05) is 12.6 Å². The molecule has 1 aliphatic rings. The molecule has 1 aromatic heterocycles. The average molecular weight is 336 g/mol. The number of ether oxygens (including phenoxy) is 1. The summed E-state index contributed by atoms with van der Waals surface area (Å²) in [6.45, 7) is 1.81.